The Balaban J connectivity index is 1.69. The molecule has 0 amide bonds. The molecule has 2 aliphatic rings. The number of hydrogen-bond acceptors (Lipinski definition) is 3. The van der Waals surface area contributed by atoms with Crippen LogP contribution < -0.4 is 0 Å². The molecule has 0 saturated heterocycles. The number of rotatable bonds is 4. The van der Waals surface area contributed by atoms with Crippen molar-refractivity contribution in [3.05, 3.63) is 98.1 Å². The normalized spacial score (nSPS) is 22.1. The zero-order valence-electron chi connectivity index (χ0n) is 14.6. The zero-order chi connectivity index (χ0) is 19.0. The van der Waals surface area contributed by atoms with E-state index in [1.807, 2.05) is 24.3 Å². The monoisotopic (exact) mass is 400 g/mol. The lowest BCUT2D eigenvalue weighted by atomic mass is 9.90. The second kappa shape index (κ2) is 7.12. The topological polar surface area (TPSA) is 46.4 Å². The first-order valence-corrected chi connectivity index (χ1v) is 9.56. The smallest absolute Gasteiger partial charge is 0.269 e. The predicted octanol–water partition coefficient (Wildman–Crippen LogP) is 5.80. The molecule has 0 bridgehead atoms. The van der Waals surface area contributed by atoms with Crippen molar-refractivity contribution < 1.29 is 4.92 Å². The molecule has 0 aromatic heterocycles. The first-order valence-electron chi connectivity index (χ1n) is 8.81. The molecule has 2 aromatic carbocycles. The maximum atomic E-state index is 10.9. The lowest BCUT2D eigenvalue weighted by molar-refractivity contribution is -0.384. The summed E-state index contributed by atoms with van der Waals surface area (Å²) in [4.78, 5) is 12.0. The molecule has 138 valence electrons. The van der Waals surface area contributed by atoms with E-state index in [1.54, 1.807) is 12.1 Å². The van der Waals surface area contributed by atoms with E-state index in [2.05, 4.69) is 17.1 Å². The lowest BCUT2D eigenvalue weighted by Crippen LogP contribution is -2.38. The van der Waals surface area contributed by atoms with E-state index >= 15 is 0 Å². The molecule has 6 heteroatoms. The Morgan fingerprint density at radius 3 is 2.48 bits per heavy atom. The Kier molecular flexibility index (Phi) is 4.81. The highest BCUT2D eigenvalue weighted by molar-refractivity contribution is 6.30. The van der Waals surface area contributed by atoms with Gasteiger partial charge in [-0.3, -0.25) is 15.0 Å². The van der Waals surface area contributed by atoms with Crippen LogP contribution in [0.25, 0.3) is 0 Å². The third-order valence-corrected chi connectivity index (χ3v) is 6.15. The first kappa shape index (κ1) is 18.2. The van der Waals surface area contributed by atoms with Crippen LogP contribution in [0.5, 0.6) is 0 Å². The van der Waals surface area contributed by atoms with Crippen LogP contribution in [-0.2, 0) is 11.5 Å². The van der Waals surface area contributed by atoms with E-state index in [0.717, 1.165) is 30.5 Å². The highest BCUT2D eigenvalue weighted by Crippen LogP contribution is 2.50. The van der Waals surface area contributed by atoms with Crippen molar-refractivity contribution in [1.82, 2.24) is 4.90 Å². The summed E-state index contributed by atoms with van der Waals surface area (Å²) in [5, 5.41) is 11.6. The number of nitro groups is 1. The first-order chi connectivity index (χ1) is 13.0. The molecule has 4 rings (SSSR count). The molecule has 1 aliphatic heterocycles. The van der Waals surface area contributed by atoms with Gasteiger partial charge in [0.1, 0.15) is 5.00 Å². The van der Waals surface area contributed by atoms with Crippen LogP contribution >= 0.6 is 23.2 Å². The minimum absolute atomic E-state index is 0.0929. The van der Waals surface area contributed by atoms with Crippen molar-refractivity contribution >= 4 is 28.9 Å². The summed E-state index contributed by atoms with van der Waals surface area (Å²) in [6.07, 6.45) is 6.26. The van der Waals surface area contributed by atoms with Gasteiger partial charge in [-0.2, -0.15) is 0 Å². The van der Waals surface area contributed by atoms with Gasteiger partial charge in [0.15, 0.2) is 0 Å². The second-order valence-electron chi connectivity index (χ2n) is 6.85. The van der Waals surface area contributed by atoms with Gasteiger partial charge in [-0.25, -0.2) is 0 Å². The van der Waals surface area contributed by atoms with E-state index in [4.69, 9.17) is 23.2 Å². The molecule has 1 atom stereocenters. The summed E-state index contributed by atoms with van der Waals surface area (Å²) >= 11 is 13.4. The maximum absolute atomic E-state index is 10.9. The Morgan fingerprint density at radius 2 is 1.81 bits per heavy atom. The van der Waals surface area contributed by atoms with Gasteiger partial charge in [0.05, 0.1) is 4.92 Å². The molecular formula is C21H18Cl2N2O2. The summed E-state index contributed by atoms with van der Waals surface area (Å²) in [5.74, 6) is 0. The number of benzene rings is 2. The summed E-state index contributed by atoms with van der Waals surface area (Å²) in [5.41, 5.74) is 4.57. The SMILES string of the molecule is O=[N+]([O-])c1ccc(CN2CC3=C(CCC=C3)C2(Cl)c2ccc(Cl)cc2)cc1. The molecular weight excluding hydrogens is 383 g/mol. The summed E-state index contributed by atoms with van der Waals surface area (Å²) in [6.45, 7) is 1.35. The number of halogens is 2. The van der Waals surface area contributed by atoms with Crippen LogP contribution in [0.1, 0.15) is 24.0 Å². The summed E-state index contributed by atoms with van der Waals surface area (Å²) < 4.78 is 0. The third-order valence-electron chi connectivity index (χ3n) is 5.21. The number of hydrogen-bond donors (Lipinski definition) is 0. The van der Waals surface area contributed by atoms with Crippen molar-refractivity contribution in [2.45, 2.75) is 24.4 Å². The molecule has 2 aromatic rings. The standard InChI is InChI=1S/C21H18Cl2N2O2/c22-18-9-7-17(8-10-18)21(23)20-4-2-1-3-16(20)14-24(21)13-15-5-11-19(12-6-15)25(26)27/h1,3,5-12H,2,4,13-14H2. The fourth-order valence-corrected chi connectivity index (χ4v) is 4.47. The van der Waals surface area contributed by atoms with Gasteiger partial charge in [-0.1, -0.05) is 59.6 Å². The fraction of sp³-hybridized carbons (Fsp3) is 0.238. The van der Waals surface area contributed by atoms with Crippen molar-refractivity contribution in [3.8, 4) is 0 Å². The van der Waals surface area contributed by atoms with Gasteiger partial charge in [0.25, 0.3) is 5.69 Å². The number of allylic oxidation sites excluding steroid dienone is 1. The number of alkyl halides is 1. The summed E-state index contributed by atoms with van der Waals surface area (Å²) in [7, 11) is 0. The average molecular weight is 401 g/mol. The zero-order valence-corrected chi connectivity index (χ0v) is 16.1. The minimum atomic E-state index is -0.730. The van der Waals surface area contributed by atoms with Gasteiger partial charge >= 0.3 is 0 Å². The van der Waals surface area contributed by atoms with Gasteiger partial charge in [0, 0.05) is 30.2 Å². The highest BCUT2D eigenvalue weighted by Gasteiger charge is 2.46. The quantitative estimate of drug-likeness (QED) is 0.281. The maximum Gasteiger partial charge on any atom is 0.269 e. The van der Waals surface area contributed by atoms with Crippen LogP contribution in [0, 0.1) is 10.1 Å². The van der Waals surface area contributed by atoms with Crippen LogP contribution in [-0.4, -0.2) is 16.4 Å². The molecule has 1 unspecified atom stereocenters. The van der Waals surface area contributed by atoms with Gasteiger partial charge < -0.3 is 0 Å². The molecule has 0 saturated carbocycles. The van der Waals surface area contributed by atoms with Crippen LogP contribution in [0.2, 0.25) is 5.02 Å². The van der Waals surface area contributed by atoms with Crippen molar-refractivity contribution in [2.75, 3.05) is 6.54 Å². The van der Waals surface area contributed by atoms with E-state index in [-0.39, 0.29) is 10.6 Å². The predicted molar refractivity (Wildman–Crippen MR) is 108 cm³/mol. The van der Waals surface area contributed by atoms with Gasteiger partial charge in [-0.05, 0) is 47.2 Å². The van der Waals surface area contributed by atoms with E-state index < -0.39 is 5.00 Å². The fourth-order valence-electron chi connectivity index (χ4n) is 3.88. The molecule has 4 nitrogen and oxygen atoms in total. The van der Waals surface area contributed by atoms with Crippen LogP contribution in [0.3, 0.4) is 0 Å². The minimum Gasteiger partial charge on any atom is -0.269 e. The van der Waals surface area contributed by atoms with Crippen molar-refractivity contribution in [3.63, 3.8) is 0 Å². The van der Waals surface area contributed by atoms with Crippen LogP contribution in [0.4, 0.5) is 5.69 Å². The van der Waals surface area contributed by atoms with E-state index in [0.29, 0.717) is 11.6 Å². The Labute approximate surface area is 167 Å². The largest absolute Gasteiger partial charge is 0.269 e. The Hall–Kier alpha value is -2.14. The molecule has 0 fully saturated rings. The van der Waals surface area contributed by atoms with Crippen molar-refractivity contribution in [2.24, 2.45) is 0 Å². The second-order valence-corrected chi connectivity index (χ2v) is 7.84. The number of nitrogens with zero attached hydrogens (tertiary/aromatic N) is 2. The molecule has 0 radical (unpaired) electrons. The van der Waals surface area contributed by atoms with Crippen LogP contribution in [0.15, 0.2) is 71.8 Å². The molecule has 0 N–H and O–H groups in total. The highest BCUT2D eigenvalue weighted by atomic mass is 35.5. The summed E-state index contributed by atoms with van der Waals surface area (Å²) in [6, 6.07) is 14.4. The Morgan fingerprint density at radius 1 is 1.11 bits per heavy atom. The molecule has 1 heterocycles. The van der Waals surface area contributed by atoms with E-state index in [9.17, 15) is 10.1 Å². The van der Waals surface area contributed by atoms with Gasteiger partial charge in [-0.15, -0.1) is 0 Å². The number of nitro benzene ring substituents is 1. The van der Waals surface area contributed by atoms with E-state index in [1.165, 1.54) is 23.3 Å². The lowest BCUT2D eigenvalue weighted by Gasteiger charge is -2.36. The average Bonchev–Trinajstić information content (AvgIpc) is 2.96. The Bertz CT molecular complexity index is 936. The third kappa shape index (κ3) is 3.29. The van der Waals surface area contributed by atoms with Crippen molar-refractivity contribution in [1.29, 1.82) is 0 Å². The molecule has 27 heavy (non-hydrogen) atoms. The molecule has 0 spiro atoms. The molecule has 1 aliphatic carbocycles. The van der Waals surface area contributed by atoms with Gasteiger partial charge in [0.2, 0.25) is 0 Å². The number of non-ortho nitro benzene ring substituents is 1.